The summed E-state index contributed by atoms with van der Waals surface area (Å²) in [6.45, 7) is 2.09. The highest BCUT2D eigenvalue weighted by molar-refractivity contribution is 5.95. The summed E-state index contributed by atoms with van der Waals surface area (Å²) >= 11 is 0. The van der Waals surface area contributed by atoms with Gasteiger partial charge in [0.25, 0.3) is 5.91 Å². The first-order valence-electron chi connectivity index (χ1n) is 7.63. The zero-order valence-corrected chi connectivity index (χ0v) is 13.3. The molecule has 6 heteroatoms. The first-order valence-corrected chi connectivity index (χ1v) is 7.63. The monoisotopic (exact) mass is 322 g/mol. The Hall–Kier alpha value is -2.99. The molecule has 24 heavy (non-hydrogen) atoms. The van der Waals surface area contributed by atoms with Gasteiger partial charge in [-0.2, -0.15) is 0 Å². The van der Waals surface area contributed by atoms with Gasteiger partial charge in [-0.05, 0) is 35.7 Å². The minimum atomic E-state index is -0.248. The van der Waals surface area contributed by atoms with Crippen LogP contribution in [-0.2, 0) is 6.54 Å². The molecule has 1 atom stereocenters. The summed E-state index contributed by atoms with van der Waals surface area (Å²) in [6, 6.07) is 11.8. The van der Waals surface area contributed by atoms with E-state index in [-0.39, 0.29) is 18.5 Å². The lowest BCUT2D eigenvalue weighted by Crippen LogP contribution is -2.27. The van der Waals surface area contributed by atoms with E-state index in [0.717, 1.165) is 16.7 Å². The van der Waals surface area contributed by atoms with Crippen molar-refractivity contribution in [3.05, 3.63) is 71.9 Å². The van der Waals surface area contributed by atoms with Crippen LogP contribution in [0.1, 0.15) is 34.6 Å². The van der Waals surface area contributed by atoms with E-state index in [1.165, 1.54) is 6.26 Å². The number of nitrogens with one attached hydrogen (secondary N) is 1. The number of carbonyl (C=O) groups excluding carboxylic acids is 1. The van der Waals surface area contributed by atoms with Crippen molar-refractivity contribution >= 4 is 5.91 Å². The van der Waals surface area contributed by atoms with Gasteiger partial charge in [0.15, 0.2) is 0 Å². The number of rotatable bonds is 5. The SMILES string of the molecule is CC(NC(=O)c1conc1CN)c1ccc(-c2ccncc2)cc1. The van der Waals surface area contributed by atoms with Crippen LogP contribution in [0.3, 0.4) is 0 Å². The van der Waals surface area contributed by atoms with Crippen LogP contribution in [0.2, 0.25) is 0 Å². The van der Waals surface area contributed by atoms with Gasteiger partial charge < -0.3 is 15.6 Å². The fourth-order valence-electron chi connectivity index (χ4n) is 2.46. The zero-order valence-electron chi connectivity index (χ0n) is 13.3. The average Bonchev–Trinajstić information content (AvgIpc) is 3.11. The van der Waals surface area contributed by atoms with Crippen LogP contribution in [0.15, 0.2) is 59.6 Å². The maximum absolute atomic E-state index is 12.3. The number of amides is 1. The van der Waals surface area contributed by atoms with Gasteiger partial charge in [0.1, 0.15) is 17.5 Å². The van der Waals surface area contributed by atoms with Crippen LogP contribution in [0.5, 0.6) is 0 Å². The lowest BCUT2D eigenvalue weighted by molar-refractivity contribution is 0.0938. The standard InChI is InChI=1S/C18H18N4O2/c1-12(21-18(23)16-11-24-22-17(16)10-19)13-2-4-14(5-3-13)15-6-8-20-9-7-15/h2-9,11-12H,10,19H2,1H3,(H,21,23). The minimum absolute atomic E-state index is 0.149. The lowest BCUT2D eigenvalue weighted by Gasteiger charge is -2.14. The van der Waals surface area contributed by atoms with Gasteiger partial charge in [-0.3, -0.25) is 9.78 Å². The normalized spacial score (nSPS) is 11.9. The van der Waals surface area contributed by atoms with Crippen LogP contribution in [-0.4, -0.2) is 16.0 Å². The summed E-state index contributed by atoms with van der Waals surface area (Å²) in [5, 5.41) is 6.64. The number of benzene rings is 1. The van der Waals surface area contributed by atoms with E-state index in [0.29, 0.717) is 11.3 Å². The van der Waals surface area contributed by atoms with E-state index >= 15 is 0 Å². The molecule has 1 aromatic carbocycles. The molecular formula is C18H18N4O2. The number of hydrogen-bond acceptors (Lipinski definition) is 5. The molecule has 1 amide bonds. The number of pyridine rings is 1. The molecule has 3 rings (SSSR count). The molecule has 0 aliphatic rings. The second kappa shape index (κ2) is 7.06. The highest BCUT2D eigenvalue weighted by Crippen LogP contribution is 2.21. The van der Waals surface area contributed by atoms with Crippen molar-refractivity contribution in [2.45, 2.75) is 19.5 Å². The van der Waals surface area contributed by atoms with Crippen molar-refractivity contribution in [1.29, 1.82) is 0 Å². The summed E-state index contributed by atoms with van der Waals surface area (Å²) < 4.78 is 4.81. The molecule has 2 heterocycles. The molecule has 122 valence electrons. The lowest BCUT2D eigenvalue weighted by atomic mass is 10.0. The van der Waals surface area contributed by atoms with Crippen molar-refractivity contribution in [3.63, 3.8) is 0 Å². The third kappa shape index (κ3) is 3.33. The largest absolute Gasteiger partial charge is 0.364 e. The Morgan fingerprint density at radius 3 is 2.50 bits per heavy atom. The average molecular weight is 322 g/mol. The maximum Gasteiger partial charge on any atom is 0.257 e. The Balaban J connectivity index is 1.71. The van der Waals surface area contributed by atoms with Gasteiger partial charge in [-0.1, -0.05) is 29.4 Å². The van der Waals surface area contributed by atoms with Gasteiger partial charge >= 0.3 is 0 Å². The number of nitrogens with zero attached hydrogens (tertiary/aromatic N) is 2. The summed E-state index contributed by atoms with van der Waals surface area (Å²) in [5.41, 5.74) is 9.57. The van der Waals surface area contributed by atoms with Crippen LogP contribution < -0.4 is 11.1 Å². The number of nitrogens with two attached hydrogens (primary N) is 1. The predicted octanol–water partition coefficient (Wildman–Crippen LogP) is 2.69. The Morgan fingerprint density at radius 2 is 1.83 bits per heavy atom. The molecule has 0 radical (unpaired) electrons. The Bertz CT molecular complexity index is 813. The van der Waals surface area contributed by atoms with Crippen LogP contribution in [0.4, 0.5) is 0 Å². The molecule has 1 unspecified atom stereocenters. The molecule has 0 saturated heterocycles. The molecule has 3 aromatic rings. The van der Waals surface area contributed by atoms with E-state index in [4.69, 9.17) is 10.3 Å². The van der Waals surface area contributed by atoms with Gasteiger partial charge in [-0.15, -0.1) is 0 Å². The molecule has 0 aliphatic heterocycles. The van der Waals surface area contributed by atoms with Crippen molar-refractivity contribution < 1.29 is 9.32 Å². The van der Waals surface area contributed by atoms with E-state index in [1.54, 1.807) is 12.4 Å². The summed E-state index contributed by atoms with van der Waals surface area (Å²) in [4.78, 5) is 16.3. The molecule has 6 nitrogen and oxygen atoms in total. The maximum atomic E-state index is 12.3. The minimum Gasteiger partial charge on any atom is -0.364 e. The van der Waals surface area contributed by atoms with Crippen molar-refractivity contribution in [2.24, 2.45) is 5.73 Å². The summed E-state index contributed by atoms with van der Waals surface area (Å²) in [5.74, 6) is -0.248. The molecule has 0 saturated carbocycles. The molecular weight excluding hydrogens is 304 g/mol. The van der Waals surface area contributed by atoms with E-state index < -0.39 is 0 Å². The van der Waals surface area contributed by atoms with E-state index in [2.05, 4.69) is 15.5 Å². The fraction of sp³-hybridized carbons (Fsp3) is 0.167. The second-order valence-corrected chi connectivity index (χ2v) is 5.43. The Kier molecular flexibility index (Phi) is 4.67. The smallest absolute Gasteiger partial charge is 0.257 e. The summed E-state index contributed by atoms with van der Waals surface area (Å²) in [6.07, 6.45) is 4.84. The summed E-state index contributed by atoms with van der Waals surface area (Å²) in [7, 11) is 0. The Morgan fingerprint density at radius 1 is 1.17 bits per heavy atom. The first kappa shape index (κ1) is 15.9. The van der Waals surface area contributed by atoms with Gasteiger partial charge in [0.2, 0.25) is 0 Å². The number of hydrogen-bond donors (Lipinski definition) is 2. The highest BCUT2D eigenvalue weighted by Gasteiger charge is 2.17. The van der Waals surface area contributed by atoms with Gasteiger partial charge in [-0.25, -0.2) is 0 Å². The van der Waals surface area contributed by atoms with Crippen molar-refractivity contribution in [2.75, 3.05) is 0 Å². The molecule has 0 bridgehead atoms. The zero-order chi connectivity index (χ0) is 16.9. The molecule has 0 spiro atoms. The highest BCUT2D eigenvalue weighted by atomic mass is 16.5. The molecule has 0 aliphatic carbocycles. The van der Waals surface area contributed by atoms with Gasteiger partial charge in [0, 0.05) is 18.9 Å². The number of carbonyl (C=O) groups is 1. The van der Waals surface area contributed by atoms with Gasteiger partial charge in [0.05, 0.1) is 6.04 Å². The topological polar surface area (TPSA) is 94.0 Å². The molecule has 0 fully saturated rings. The van der Waals surface area contributed by atoms with Crippen LogP contribution in [0, 0.1) is 0 Å². The van der Waals surface area contributed by atoms with Crippen molar-refractivity contribution in [3.8, 4) is 11.1 Å². The molecule has 3 N–H and O–H groups in total. The first-order chi connectivity index (χ1) is 11.7. The fourth-order valence-corrected chi connectivity index (χ4v) is 2.46. The van der Waals surface area contributed by atoms with Crippen LogP contribution >= 0.6 is 0 Å². The van der Waals surface area contributed by atoms with E-state index in [1.807, 2.05) is 43.3 Å². The van der Waals surface area contributed by atoms with E-state index in [9.17, 15) is 4.79 Å². The number of aromatic nitrogens is 2. The molecule has 2 aromatic heterocycles. The third-order valence-corrected chi connectivity index (χ3v) is 3.85. The second-order valence-electron chi connectivity index (χ2n) is 5.43. The van der Waals surface area contributed by atoms with Crippen LogP contribution in [0.25, 0.3) is 11.1 Å². The van der Waals surface area contributed by atoms with Crippen molar-refractivity contribution in [1.82, 2.24) is 15.5 Å². The predicted molar refractivity (Wildman–Crippen MR) is 89.9 cm³/mol. The Labute approximate surface area is 139 Å². The third-order valence-electron chi connectivity index (χ3n) is 3.85. The quantitative estimate of drug-likeness (QED) is 0.753.